The number of rotatable bonds is 5. The second kappa shape index (κ2) is 7.19. The maximum atomic E-state index is 12.2. The molecule has 3 rings (SSSR count). The van der Waals surface area contributed by atoms with Crippen LogP contribution in [0.4, 0.5) is 5.69 Å². The number of nitro groups is 1. The van der Waals surface area contributed by atoms with E-state index in [1.54, 1.807) is 0 Å². The molecule has 1 aromatic heterocycles. The molecule has 0 aliphatic rings. The van der Waals surface area contributed by atoms with Gasteiger partial charge in [0.15, 0.2) is 0 Å². The Kier molecular flexibility index (Phi) is 4.81. The van der Waals surface area contributed by atoms with Crippen molar-refractivity contribution in [2.45, 2.75) is 6.54 Å². The predicted molar refractivity (Wildman–Crippen MR) is 95.0 cm³/mol. The van der Waals surface area contributed by atoms with Crippen LogP contribution in [-0.4, -0.2) is 15.4 Å². The zero-order chi connectivity index (χ0) is 17.8. The fourth-order valence-corrected chi connectivity index (χ4v) is 2.56. The van der Waals surface area contributed by atoms with Gasteiger partial charge in [-0.3, -0.25) is 14.9 Å². The van der Waals surface area contributed by atoms with E-state index in [0.717, 1.165) is 11.3 Å². The molecule has 0 fully saturated rings. The summed E-state index contributed by atoms with van der Waals surface area (Å²) < 4.78 is 1.98. The third kappa shape index (κ3) is 3.87. The van der Waals surface area contributed by atoms with Crippen LogP contribution in [0.5, 0.6) is 0 Å². The molecule has 3 aromatic rings. The average molecular weight is 356 g/mol. The SMILES string of the molecule is O=C(NCc1ccc(-n2cccc2)cc1)c1ccc(Cl)c([N+](=O)[O-])c1. The Morgan fingerprint density at radius 2 is 1.80 bits per heavy atom. The molecule has 1 N–H and O–H groups in total. The number of nitrogens with zero attached hydrogens (tertiary/aromatic N) is 2. The van der Waals surface area contributed by atoms with Gasteiger partial charge in [-0.2, -0.15) is 0 Å². The lowest BCUT2D eigenvalue weighted by Gasteiger charge is -2.08. The largest absolute Gasteiger partial charge is 0.348 e. The van der Waals surface area contributed by atoms with Crippen molar-refractivity contribution in [3.05, 3.63) is 93.3 Å². The van der Waals surface area contributed by atoms with Crippen molar-refractivity contribution >= 4 is 23.2 Å². The van der Waals surface area contributed by atoms with Crippen LogP contribution in [0.3, 0.4) is 0 Å². The van der Waals surface area contributed by atoms with E-state index < -0.39 is 10.8 Å². The minimum Gasteiger partial charge on any atom is -0.348 e. The molecule has 0 bridgehead atoms. The molecule has 7 heteroatoms. The van der Waals surface area contributed by atoms with Crippen LogP contribution in [0.2, 0.25) is 5.02 Å². The molecule has 0 spiro atoms. The second-order valence-electron chi connectivity index (χ2n) is 5.36. The third-order valence-electron chi connectivity index (χ3n) is 3.70. The van der Waals surface area contributed by atoms with Gasteiger partial charge in [-0.25, -0.2) is 0 Å². The van der Waals surface area contributed by atoms with Crippen LogP contribution >= 0.6 is 11.6 Å². The Balaban J connectivity index is 1.66. The van der Waals surface area contributed by atoms with Gasteiger partial charge in [0.2, 0.25) is 0 Å². The van der Waals surface area contributed by atoms with Crippen LogP contribution in [0.1, 0.15) is 15.9 Å². The highest BCUT2D eigenvalue weighted by Crippen LogP contribution is 2.25. The van der Waals surface area contributed by atoms with Crippen LogP contribution in [0, 0.1) is 10.1 Å². The minimum absolute atomic E-state index is 0.00199. The van der Waals surface area contributed by atoms with E-state index in [-0.39, 0.29) is 16.3 Å². The standard InChI is InChI=1S/C18H14ClN3O3/c19-16-8-5-14(11-17(16)22(24)25)18(23)20-12-13-3-6-15(7-4-13)21-9-1-2-10-21/h1-11H,12H2,(H,20,23). The molecule has 0 radical (unpaired) electrons. The fourth-order valence-electron chi connectivity index (χ4n) is 2.37. The molecule has 0 saturated heterocycles. The highest BCUT2D eigenvalue weighted by molar-refractivity contribution is 6.32. The summed E-state index contributed by atoms with van der Waals surface area (Å²) in [4.78, 5) is 22.5. The monoisotopic (exact) mass is 355 g/mol. The molecular weight excluding hydrogens is 342 g/mol. The van der Waals surface area contributed by atoms with Crippen LogP contribution in [-0.2, 0) is 6.54 Å². The number of carbonyl (C=O) groups excluding carboxylic acids is 1. The molecule has 6 nitrogen and oxygen atoms in total. The van der Waals surface area contributed by atoms with E-state index in [0.29, 0.717) is 6.54 Å². The predicted octanol–water partition coefficient (Wildman–Crippen LogP) is 3.97. The summed E-state index contributed by atoms with van der Waals surface area (Å²) in [5.41, 5.74) is 1.85. The Morgan fingerprint density at radius 1 is 1.12 bits per heavy atom. The molecule has 25 heavy (non-hydrogen) atoms. The number of nitro benzene ring substituents is 1. The van der Waals surface area contributed by atoms with Gasteiger partial charge in [-0.15, -0.1) is 0 Å². The van der Waals surface area contributed by atoms with E-state index >= 15 is 0 Å². The van der Waals surface area contributed by atoms with Crippen LogP contribution < -0.4 is 5.32 Å². The molecular formula is C18H14ClN3O3. The first-order valence-corrected chi connectivity index (χ1v) is 7.87. The summed E-state index contributed by atoms with van der Waals surface area (Å²) in [6.07, 6.45) is 3.90. The number of nitrogens with one attached hydrogen (secondary N) is 1. The Hall–Kier alpha value is -3.12. The summed E-state index contributed by atoms with van der Waals surface area (Å²) in [5, 5.41) is 13.6. The number of aromatic nitrogens is 1. The van der Waals surface area contributed by atoms with Crippen molar-refractivity contribution in [3.8, 4) is 5.69 Å². The van der Waals surface area contributed by atoms with E-state index in [1.165, 1.54) is 18.2 Å². The van der Waals surface area contributed by atoms with Crippen molar-refractivity contribution in [2.24, 2.45) is 0 Å². The van der Waals surface area contributed by atoms with Crippen molar-refractivity contribution < 1.29 is 9.72 Å². The van der Waals surface area contributed by atoms with Gasteiger partial charge in [-0.1, -0.05) is 23.7 Å². The first-order chi connectivity index (χ1) is 12.0. The Labute approximate surface area is 148 Å². The van der Waals surface area contributed by atoms with Gasteiger partial charge in [0.1, 0.15) is 5.02 Å². The average Bonchev–Trinajstić information content (AvgIpc) is 3.15. The topological polar surface area (TPSA) is 77.2 Å². The minimum atomic E-state index is -0.612. The van der Waals surface area contributed by atoms with Crippen LogP contribution in [0.15, 0.2) is 67.0 Å². The fraction of sp³-hybridized carbons (Fsp3) is 0.0556. The molecule has 1 heterocycles. The number of hydrogen-bond acceptors (Lipinski definition) is 3. The van der Waals surface area contributed by atoms with E-state index in [2.05, 4.69) is 5.32 Å². The quantitative estimate of drug-likeness (QED) is 0.555. The van der Waals surface area contributed by atoms with Gasteiger partial charge < -0.3 is 9.88 Å². The molecule has 0 aliphatic carbocycles. The number of hydrogen-bond donors (Lipinski definition) is 1. The number of halogens is 1. The van der Waals surface area contributed by atoms with Crippen molar-refractivity contribution in [3.63, 3.8) is 0 Å². The molecule has 1 amide bonds. The van der Waals surface area contributed by atoms with E-state index in [9.17, 15) is 14.9 Å². The summed E-state index contributed by atoms with van der Waals surface area (Å²) in [7, 11) is 0. The number of benzene rings is 2. The van der Waals surface area contributed by atoms with Gasteiger partial charge in [0.05, 0.1) is 4.92 Å². The molecule has 0 atom stereocenters. The normalized spacial score (nSPS) is 10.4. The van der Waals surface area contributed by atoms with Gasteiger partial charge in [0.25, 0.3) is 11.6 Å². The first kappa shape index (κ1) is 16.7. The summed E-state index contributed by atoms with van der Waals surface area (Å²) >= 11 is 5.75. The number of carbonyl (C=O) groups is 1. The zero-order valence-electron chi connectivity index (χ0n) is 13.1. The van der Waals surface area contributed by atoms with E-state index in [1.807, 2.05) is 53.4 Å². The number of amides is 1. The smallest absolute Gasteiger partial charge is 0.288 e. The molecule has 0 aliphatic heterocycles. The first-order valence-electron chi connectivity index (χ1n) is 7.49. The lowest BCUT2D eigenvalue weighted by molar-refractivity contribution is -0.384. The molecule has 0 saturated carbocycles. The Bertz CT molecular complexity index is 906. The zero-order valence-corrected chi connectivity index (χ0v) is 13.8. The highest BCUT2D eigenvalue weighted by Gasteiger charge is 2.16. The maximum Gasteiger partial charge on any atom is 0.288 e. The van der Waals surface area contributed by atoms with Crippen molar-refractivity contribution in [1.82, 2.24) is 9.88 Å². The van der Waals surface area contributed by atoms with E-state index in [4.69, 9.17) is 11.6 Å². The van der Waals surface area contributed by atoms with Gasteiger partial charge >= 0.3 is 0 Å². The van der Waals surface area contributed by atoms with Crippen molar-refractivity contribution in [1.29, 1.82) is 0 Å². The van der Waals surface area contributed by atoms with Gasteiger partial charge in [-0.05, 0) is 42.0 Å². The van der Waals surface area contributed by atoms with Crippen LogP contribution in [0.25, 0.3) is 5.69 Å². The summed E-state index contributed by atoms with van der Waals surface area (Å²) in [6, 6.07) is 15.6. The molecule has 2 aromatic carbocycles. The molecule has 126 valence electrons. The molecule has 0 unspecified atom stereocenters. The van der Waals surface area contributed by atoms with Crippen molar-refractivity contribution in [2.75, 3.05) is 0 Å². The lowest BCUT2D eigenvalue weighted by Crippen LogP contribution is -2.22. The summed E-state index contributed by atoms with van der Waals surface area (Å²) in [6.45, 7) is 0.321. The third-order valence-corrected chi connectivity index (χ3v) is 4.02. The summed E-state index contributed by atoms with van der Waals surface area (Å²) in [5.74, 6) is -0.394. The highest BCUT2D eigenvalue weighted by atomic mass is 35.5. The Morgan fingerprint density at radius 3 is 2.44 bits per heavy atom. The van der Waals surface area contributed by atoms with Gasteiger partial charge in [0, 0.05) is 36.3 Å². The second-order valence-corrected chi connectivity index (χ2v) is 5.77. The maximum absolute atomic E-state index is 12.2. The lowest BCUT2D eigenvalue weighted by atomic mass is 10.1.